The van der Waals surface area contributed by atoms with Crippen LogP contribution in [0.25, 0.3) is 0 Å². The lowest BCUT2D eigenvalue weighted by Crippen LogP contribution is -2.34. The number of methoxy groups -OCH3 is 1. The first-order chi connectivity index (χ1) is 12.4. The first-order valence-corrected chi connectivity index (χ1v) is 10.3. The summed E-state index contributed by atoms with van der Waals surface area (Å²) in [5, 5.41) is 6.91. The molecule has 7 nitrogen and oxygen atoms in total. The SMILES string of the molecule is COc1ccc(CN2CCC[C@H](c3[nH]ncc3NS(C)(=O)=O)C2)cc1F. The van der Waals surface area contributed by atoms with Crippen LogP contribution in [-0.2, 0) is 16.6 Å². The first kappa shape index (κ1) is 18.7. The number of hydrogen-bond acceptors (Lipinski definition) is 5. The maximum Gasteiger partial charge on any atom is 0.229 e. The number of ether oxygens (including phenoxy) is 1. The number of sulfonamides is 1. The van der Waals surface area contributed by atoms with Gasteiger partial charge in [-0.2, -0.15) is 5.10 Å². The number of aromatic nitrogens is 2. The molecule has 26 heavy (non-hydrogen) atoms. The van der Waals surface area contributed by atoms with Crippen molar-refractivity contribution in [3.63, 3.8) is 0 Å². The predicted molar refractivity (Wildman–Crippen MR) is 97.3 cm³/mol. The Morgan fingerprint density at radius 3 is 2.96 bits per heavy atom. The van der Waals surface area contributed by atoms with E-state index < -0.39 is 10.0 Å². The van der Waals surface area contributed by atoms with E-state index in [9.17, 15) is 12.8 Å². The lowest BCUT2D eigenvalue weighted by atomic mass is 9.94. The van der Waals surface area contributed by atoms with E-state index in [0.717, 1.165) is 43.4 Å². The molecule has 9 heteroatoms. The Kier molecular flexibility index (Phi) is 5.47. The summed E-state index contributed by atoms with van der Waals surface area (Å²) in [7, 11) is -1.91. The van der Waals surface area contributed by atoms with Crippen molar-refractivity contribution in [3.8, 4) is 5.75 Å². The van der Waals surface area contributed by atoms with Crippen molar-refractivity contribution in [2.24, 2.45) is 0 Å². The smallest absolute Gasteiger partial charge is 0.229 e. The number of aromatic amines is 1. The van der Waals surface area contributed by atoms with Crippen LogP contribution in [0.2, 0.25) is 0 Å². The van der Waals surface area contributed by atoms with Crippen LogP contribution in [0.15, 0.2) is 24.4 Å². The first-order valence-electron chi connectivity index (χ1n) is 8.41. The lowest BCUT2D eigenvalue weighted by Gasteiger charge is -2.32. The highest BCUT2D eigenvalue weighted by Gasteiger charge is 2.25. The molecule has 2 aromatic rings. The van der Waals surface area contributed by atoms with Gasteiger partial charge < -0.3 is 4.74 Å². The molecule has 0 saturated carbocycles. The summed E-state index contributed by atoms with van der Waals surface area (Å²) in [5.74, 6) is 0.00424. The zero-order valence-electron chi connectivity index (χ0n) is 14.8. The van der Waals surface area contributed by atoms with Crippen molar-refractivity contribution >= 4 is 15.7 Å². The van der Waals surface area contributed by atoms with Gasteiger partial charge in [0.05, 0.1) is 30.9 Å². The van der Waals surface area contributed by atoms with Crippen LogP contribution in [0.3, 0.4) is 0 Å². The number of nitrogens with zero attached hydrogens (tertiary/aromatic N) is 2. The molecule has 0 spiro atoms. The van der Waals surface area contributed by atoms with Gasteiger partial charge in [-0.3, -0.25) is 14.7 Å². The molecule has 0 aliphatic carbocycles. The van der Waals surface area contributed by atoms with Gasteiger partial charge in [-0.15, -0.1) is 0 Å². The van der Waals surface area contributed by atoms with Crippen LogP contribution in [0.5, 0.6) is 5.75 Å². The van der Waals surface area contributed by atoms with Crippen LogP contribution in [0, 0.1) is 5.82 Å². The molecule has 1 fully saturated rings. The molecule has 2 heterocycles. The third-order valence-electron chi connectivity index (χ3n) is 4.50. The molecule has 1 aliphatic heterocycles. The van der Waals surface area contributed by atoms with Gasteiger partial charge in [-0.25, -0.2) is 12.8 Å². The summed E-state index contributed by atoms with van der Waals surface area (Å²) in [6.45, 7) is 2.28. The van der Waals surface area contributed by atoms with E-state index in [1.807, 2.05) is 6.07 Å². The summed E-state index contributed by atoms with van der Waals surface area (Å²) < 4.78 is 44.4. The third-order valence-corrected chi connectivity index (χ3v) is 5.09. The van der Waals surface area contributed by atoms with Crippen LogP contribution in [-0.4, -0.2) is 50.0 Å². The Bertz CT molecular complexity index is 869. The van der Waals surface area contributed by atoms with E-state index in [4.69, 9.17) is 4.74 Å². The van der Waals surface area contributed by atoms with Crippen molar-refractivity contribution in [2.45, 2.75) is 25.3 Å². The van der Waals surface area contributed by atoms with E-state index in [-0.39, 0.29) is 17.5 Å². The van der Waals surface area contributed by atoms with Crippen LogP contribution in [0.4, 0.5) is 10.1 Å². The van der Waals surface area contributed by atoms with Gasteiger partial charge in [0.1, 0.15) is 0 Å². The van der Waals surface area contributed by atoms with Gasteiger partial charge >= 0.3 is 0 Å². The van der Waals surface area contributed by atoms with E-state index >= 15 is 0 Å². The number of H-pyrrole nitrogens is 1. The van der Waals surface area contributed by atoms with Gasteiger partial charge in [0.2, 0.25) is 10.0 Å². The van der Waals surface area contributed by atoms with Crippen LogP contribution < -0.4 is 9.46 Å². The van der Waals surface area contributed by atoms with Crippen LogP contribution in [0.1, 0.15) is 30.0 Å². The zero-order valence-corrected chi connectivity index (χ0v) is 15.6. The predicted octanol–water partition coefficient (Wildman–Crippen LogP) is 2.31. The van der Waals surface area contributed by atoms with E-state index in [2.05, 4.69) is 19.8 Å². The van der Waals surface area contributed by atoms with E-state index in [1.54, 1.807) is 6.07 Å². The Labute approximate surface area is 152 Å². The molecule has 1 aromatic carbocycles. The lowest BCUT2D eigenvalue weighted by molar-refractivity contribution is 0.198. The number of benzene rings is 1. The fourth-order valence-corrected chi connectivity index (χ4v) is 3.95. The summed E-state index contributed by atoms with van der Waals surface area (Å²) >= 11 is 0. The molecule has 0 bridgehead atoms. The highest BCUT2D eigenvalue weighted by atomic mass is 32.2. The monoisotopic (exact) mass is 382 g/mol. The third kappa shape index (κ3) is 4.53. The average molecular weight is 382 g/mol. The van der Waals surface area contributed by atoms with Gasteiger partial charge in [0.25, 0.3) is 0 Å². The largest absolute Gasteiger partial charge is 0.494 e. The number of rotatable bonds is 6. The van der Waals surface area contributed by atoms with E-state index in [1.165, 1.54) is 19.4 Å². The summed E-state index contributed by atoms with van der Waals surface area (Å²) in [6, 6.07) is 4.99. The summed E-state index contributed by atoms with van der Waals surface area (Å²) in [5.41, 5.74) is 2.17. The topological polar surface area (TPSA) is 87.3 Å². The highest BCUT2D eigenvalue weighted by molar-refractivity contribution is 7.92. The van der Waals surface area contributed by atoms with E-state index in [0.29, 0.717) is 12.2 Å². The number of anilines is 1. The number of hydrogen-bond donors (Lipinski definition) is 2. The molecule has 1 aromatic heterocycles. The molecule has 142 valence electrons. The number of halogens is 1. The quantitative estimate of drug-likeness (QED) is 0.801. The molecule has 1 saturated heterocycles. The van der Waals surface area contributed by atoms with Crippen LogP contribution >= 0.6 is 0 Å². The average Bonchev–Trinajstić information content (AvgIpc) is 3.01. The van der Waals surface area contributed by atoms with Gasteiger partial charge in [0, 0.05) is 19.0 Å². The Hall–Kier alpha value is -2.13. The maximum absolute atomic E-state index is 13.9. The molecule has 0 unspecified atom stereocenters. The Balaban J connectivity index is 1.70. The minimum Gasteiger partial charge on any atom is -0.494 e. The highest BCUT2D eigenvalue weighted by Crippen LogP contribution is 2.31. The van der Waals surface area contributed by atoms with Crippen molar-refractivity contribution in [2.75, 3.05) is 31.2 Å². The minimum atomic E-state index is -3.36. The molecule has 1 atom stereocenters. The number of nitrogens with one attached hydrogen (secondary N) is 2. The molecular weight excluding hydrogens is 359 g/mol. The second-order valence-corrected chi connectivity index (χ2v) is 8.36. The molecule has 2 N–H and O–H groups in total. The fourth-order valence-electron chi connectivity index (χ4n) is 3.39. The second kappa shape index (κ2) is 7.63. The Morgan fingerprint density at radius 2 is 2.27 bits per heavy atom. The number of likely N-dealkylation sites (tertiary alicyclic amines) is 1. The molecule has 1 aliphatic rings. The summed E-state index contributed by atoms with van der Waals surface area (Å²) in [4.78, 5) is 2.24. The van der Waals surface area contributed by atoms with Crippen molar-refractivity contribution < 1.29 is 17.5 Å². The van der Waals surface area contributed by atoms with Gasteiger partial charge in [0.15, 0.2) is 11.6 Å². The fraction of sp³-hybridized carbons (Fsp3) is 0.471. The maximum atomic E-state index is 13.9. The van der Waals surface area contributed by atoms with Gasteiger partial charge in [-0.05, 0) is 37.1 Å². The molecule has 0 radical (unpaired) electrons. The number of piperidine rings is 1. The normalized spacial score (nSPS) is 18.7. The summed E-state index contributed by atoms with van der Waals surface area (Å²) in [6.07, 6.45) is 4.53. The molecule has 3 rings (SSSR count). The van der Waals surface area contributed by atoms with Crippen molar-refractivity contribution in [3.05, 3.63) is 41.5 Å². The van der Waals surface area contributed by atoms with Crippen molar-refractivity contribution in [1.82, 2.24) is 15.1 Å². The molecular formula is C17H23FN4O3S. The Morgan fingerprint density at radius 1 is 1.46 bits per heavy atom. The standard InChI is InChI=1S/C17H23FN4O3S/c1-25-16-6-5-12(8-14(16)18)10-22-7-3-4-13(11-22)17-15(9-19-20-17)21-26(2,23)24/h5-6,8-9,13,21H,3-4,7,10-11H2,1-2H3,(H,19,20)/t13-/m0/s1. The minimum absolute atomic E-state index is 0.138. The van der Waals surface area contributed by atoms with Gasteiger partial charge in [-0.1, -0.05) is 6.07 Å². The van der Waals surface area contributed by atoms with Crippen molar-refractivity contribution in [1.29, 1.82) is 0 Å². The molecule has 0 amide bonds. The zero-order chi connectivity index (χ0) is 18.7. The second-order valence-electron chi connectivity index (χ2n) is 6.61.